The van der Waals surface area contributed by atoms with Crippen molar-refractivity contribution in [1.29, 1.82) is 0 Å². The van der Waals surface area contributed by atoms with E-state index in [0.29, 0.717) is 17.0 Å². The Morgan fingerprint density at radius 1 is 1.41 bits per heavy atom. The highest BCUT2D eigenvalue weighted by atomic mass is 16.5. The number of methoxy groups -OCH3 is 1. The summed E-state index contributed by atoms with van der Waals surface area (Å²) >= 11 is 0. The maximum Gasteiger partial charge on any atom is 0.263 e. The minimum Gasteiger partial charge on any atom is -0.497 e. The second-order valence-electron chi connectivity index (χ2n) is 5.14. The number of carbonyl (C=O) groups is 1. The van der Waals surface area contributed by atoms with Gasteiger partial charge in [-0.1, -0.05) is 0 Å². The summed E-state index contributed by atoms with van der Waals surface area (Å²) in [5.74, 6) is 2.65. The molecule has 2 heterocycles. The van der Waals surface area contributed by atoms with E-state index in [2.05, 4.69) is 5.92 Å². The van der Waals surface area contributed by atoms with Gasteiger partial charge in [-0.05, 0) is 30.3 Å². The molecule has 2 aromatic rings. The SMILES string of the molecule is C#CC[C@]1(O)C(=O)N(c2ccc(OC)cc2)[C@H]1c1ccoc1. The summed E-state index contributed by atoms with van der Waals surface area (Å²) < 4.78 is 10.2. The fourth-order valence-corrected chi connectivity index (χ4v) is 2.78. The normalized spacial score (nSPS) is 23.8. The molecule has 1 saturated heterocycles. The molecule has 112 valence electrons. The molecule has 1 amide bonds. The van der Waals surface area contributed by atoms with Crippen molar-refractivity contribution < 1.29 is 19.1 Å². The van der Waals surface area contributed by atoms with Crippen molar-refractivity contribution in [3.05, 3.63) is 48.4 Å². The average Bonchev–Trinajstić information content (AvgIpc) is 3.05. The Labute approximate surface area is 128 Å². The van der Waals surface area contributed by atoms with E-state index in [9.17, 15) is 9.90 Å². The number of anilines is 1. The predicted molar refractivity (Wildman–Crippen MR) is 80.3 cm³/mol. The summed E-state index contributed by atoms with van der Waals surface area (Å²) in [7, 11) is 1.57. The van der Waals surface area contributed by atoms with E-state index in [-0.39, 0.29) is 6.42 Å². The van der Waals surface area contributed by atoms with E-state index >= 15 is 0 Å². The van der Waals surface area contributed by atoms with Gasteiger partial charge in [0.05, 0.1) is 19.6 Å². The lowest BCUT2D eigenvalue weighted by molar-refractivity contribution is -0.153. The standard InChI is InChI=1S/C17H15NO4/c1-3-9-17(20)15(12-8-10-22-11-12)18(16(17)19)13-4-6-14(21-2)7-5-13/h1,4-8,10-11,15,20H,9H2,2H3/t15-,17+/m0/s1. The number of terminal acetylenes is 1. The average molecular weight is 297 g/mol. The molecule has 1 fully saturated rings. The van der Waals surface area contributed by atoms with Gasteiger partial charge in [-0.3, -0.25) is 9.69 Å². The molecular weight excluding hydrogens is 282 g/mol. The topological polar surface area (TPSA) is 62.9 Å². The Morgan fingerprint density at radius 2 is 2.14 bits per heavy atom. The quantitative estimate of drug-likeness (QED) is 0.693. The number of carbonyl (C=O) groups excluding carboxylic acids is 1. The maximum absolute atomic E-state index is 12.5. The molecule has 1 N–H and O–H groups in total. The first kappa shape index (κ1) is 14.2. The first-order valence-corrected chi connectivity index (χ1v) is 6.77. The number of β-lactam (4-membered cyclic amide) rings is 1. The van der Waals surface area contributed by atoms with E-state index in [0.717, 1.165) is 0 Å². The summed E-state index contributed by atoms with van der Waals surface area (Å²) in [4.78, 5) is 14.0. The van der Waals surface area contributed by atoms with Gasteiger partial charge in [-0.25, -0.2) is 0 Å². The zero-order valence-corrected chi connectivity index (χ0v) is 12.0. The van der Waals surface area contributed by atoms with Crippen LogP contribution in [-0.2, 0) is 4.79 Å². The highest BCUT2D eigenvalue weighted by molar-refractivity contribution is 6.08. The summed E-state index contributed by atoms with van der Waals surface area (Å²) in [6.45, 7) is 0. The monoisotopic (exact) mass is 297 g/mol. The van der Waals surface area contributed by atoms with Crippen molar-refractivity contribution in [3.63, 3.8) is 0 Å². The second-order valence-corrected chi connectivity index (χ2v) is 5.14. The number of aliphatic hydroxyl groups is 1. The molecule has 3 rings (SSSR count). The molecule has 1 aliphatic rings. The van der Waals surface area contributed by atoms with Crippen LogP contribution in [0.1, 0.15) is 18.0 Å². The fraction of sp³-hybridized carbons (Fsp3) is 0.235. The van der Waals surface area contributed by atoms with Gasteiger partial charge in [0.15, 0.2) is 5.60 Å². The molecule has 1 aromatic carbocycles. The van der Waals surface area contributed by atoms with E-state index in [1.807, 2.05) is 0 Å². The number of nitrogens with zero attached hydrogens (tertiary/aromatic N) is 1. The lowest BCUT2D eigenvalue weighted by Crippen LogP contribution is -2.68. The number of hydrogen-bond donors (Lipinski definition) is 1. The lowest BCUT2D eigenvalue weighted by atomic mass is 9.76. The van der Waals surface area contributed by atoms with Gasteiger partial charge < -0.3 is 14.3 Å². The smallest absolute Gasteiger partial charge is 0.263 e. The van der Waals surface area contributed by atoms with Crippen LogP contribution in [0.25, 0.3) is 0 Å². The van der Waals surface area contributed by atoms with Gasteiger partial charge in [-0.2, -0.15) is 0 Å². The molecule has 0 saturated carbocycles. The molecule has 0 radical (unpaired) electrons. The predicted octanol–water partition coefficient (Wildman–Crippen LogP) is 2.13. The van der Waals surface area contributed by atoms with Gasteiger partial charge >= 0.3 is 0 Å². The molecule has 1 aliphatic heterocycles. The maximum atomic E-state index is 12.5. The molecule has 0 unspecified atom stereocenters. The van der Waals surface area contributed by atoms with E-state index < -0.39 is 17.6 Å². The van der Waals surface area contributed by atoms with E-state index in [1.165, 1.54) is 17.4 Å². The van der Waals surface area contributed by atoms with Crippen LogP contribution < -0.4 is 9.64 Å². The highest BCUT2D eigenvalue weighted by Gasteiger charge is 2.61. The molecule has 5 nitrogen and oxygen atoms in total. The zero-order valence-electron chi connectivity index (χ0n) is 12.0. The van der Waals surface area contributed by atoms with Crippen LogP contribution in [0.15, 0.2) is 47.3 Å². The second kappa shape index (κ2) is 5.24. The van der Waals surface area contributed by atoms with Crippen LogP contribution in [-0.4, -0.2) is 23.7 Å². The Hall–Kier alpha value is -2.71. The first-order chi connectivity index (χ1) is 10.6. The van der Waals surface area contributed by atoms with Crippen LogP contribution in [0.3, 0.4) is 0 Å². The Kier molecular flexibility index (Phi) is 3.39. The first-order valence-electron chi connectivity index (χ1n) is 6.77. The van der Waals surface area contributed by atoms with Crippen molar-refractivity contribution in [2.24, 2.45) is 0 Å². The summed E-state index contributed by atoms with van der Waals surface area (Å²) in [5, 5.41) is 10.6. The van der Waals surface area contributed by atoms with Gasteiger partial charge in [0.1, 0.15) is 11.8 Å². The fourth-order valence-electron chi connectivity index (χ4n) is 2.78. The third-order valence-electron chi connectivity index (χ3n) is 3.88. The Balaban J connectivity index is 1.99. The van der Waals surface area contributed by atoms with Crippen LogP contribution in [0.5, 0.6) is 5.75 Å². The lowest BCUT2D eigenvalue weighted by Gasteiger charge is -2.52. The zero-order chi connectivity index (χ0) is 15.7. The number of hydrogen-bond acceptors (Lipinski definition) is 4. The molecule has 1 aromatic heterocycles. The van der Waals surface area contributed by atoms with Crippen molar-refractivity contribution in [1.82, 2.24) is 0 Å². The number of benzene rings is 1. The number of amides is 1. The molecule has 0 aliphatic carbocycles. The largest absolute Gasteiger partial charge is 0.497 e. The van der Waals surface area contributed by atoms with Crippen molar-refractivity contribution in [3.8, 4) is 18.1 Å². The molecule has 5 heteroatoms. The van der Waals surface area contributed by atoms with Crippen LogP contribution >= 0.6 is 0 Å². The Morgan fingerprint density at radius 3 is 2.68 bits per heavy atom. The van der Waals surface area contributed by atoms with Crippen LogP contribution in [0.4, 0.5) is 5.69 Å². The molecule has 0 spiro atoms. The van der Waals surface area contributed by atoms with E-state index in [4.69, 9.17) is 15.6 Å². The summed E-state index contributed by atoms with van der Waals surface area (Å²) in [6, 6.07) is 8.19. The summed E-state index contributed by atoms with van der Waals surface area (Å²) in [6.07, 6.45) is 8.27. The third-order valence-corrected chi connectivity index (χ3v) is 3.88. The van der Waals surface area contributed by atoms with Gasteiger partial charge in [0.25, 0.3) is 5.91 Å². The third kappa shape index (κ3) is 1.97. The van der Waals surface area contributed by atoms with Crippen LogP contribution in [0, 0.1) is 12.3 Å². The highest BCUT2D eigenvalue weighted by Crippen LogP contribution is 2.48. The molecule has 0 bridgehead atoms. The number of rotatable bonds is 4. The van der Waals surface area contributed by atoms with Crippen LogP contribution in [0.2, 0.25) is 0 Å². The van der Waals surface area contributed by atoms with E-state index in [1.54, 1.807) is 37.4 Å². The number of ether oxygens (including phenoxy) is 1. The van der Waals surface area contributed by atoms with Gasteiger partial charge in [-0.15, -0.1) is 12.3 Å². The van der Waals surface area contributed by atoms with Gasteiger partial charge in [0, 0.05) is 17.7 Å². The molecule has 22 heavy (non-hydrogen) atoms. The number of furan rings is 1. The summed E-state index contributed by atoms with van der Waals surface area (Å²) in [5.41, 5.74) is -0.231. The van der Waals surface area contributed by atoms with Gasteiger partial charge in [0.2, 0.25) is 0 Å². The molecular formula is C17H15NO4. The Bertz CT molecular complexity index is 714. The molecule has 2 atom stereocenters. The minimum absolute atomic E-state index is 0.0473. The van der Waals surface area contributed by atoms with Crippen molar-refractivity contribution in [2.45, 2.75) is 18.1 Å². The minimum atomic E-state index is -1.60. The van der Waals surface area contributed by atoms with Crippen molar-refractivity contribution >= 4 is 11.6 Å². The van der Waals surface area contributed by atoms with Crippen molar-refractivity contribution in [2.75, 3.05) is 12.0 Å².